The van der Waals surface area contributed by atoms with Crippen molar-refractivity contribution in [2.24, 2.45) is 0 Å². The van der Waals surface area contributed by atoms with Gasteiger partial charge in [0.25, 0.3) is 10.0 Å². The molecule has 0 aliphatic carbocycles. The van der Waals surface area contributed by atoms with Crippen molar-refractivity contribution in [3.8, 4) is 0 Å². The van der Waals surface area contributed by atoms with Crippen LogP contribution >= 0.6 is 11.6 Å². The highest BCUT2D eigenvalue weighted by Gasteiger charge is 2.24. The molecule has 1 N–H and O–H groups in total. The first-order valence-electron chi connectivity index (χ1n) is 8.04. The minimum atomic E-state index is -3.74. The molecule has 1 amide bonds. The molecule has 0 saturated carbocycles. The number of carbonyl (C=O) groups excluding carboxylic acids is 1. The van der Waals surface area contributed by atoms with E-state index in [2.05, 4.69) is 4.72 Å². The van der Waals surface area contributed by atoms with Gasteiger partial charge in [0.05, 0.1) is 4.90 Å². The first-order valence-corrected chi connectivity index (χ1v) is 9.91. The van der Waals surface area contributed by atoms with E-state index >= 15 is 0 Å². The van der Waals surface area contributed by atoms with Crippen molar-refractivity contribution in [1.29, 1.82) is 0 Å². The molecule has 0 saturated heterocycles. The van der Waals surface area contributed by atoms with Crippen LogP contribution in [0.15, 0.2) is 41.3 Å². The number of fused-ring (bicyclic) bond motifs is 1. The molecule has 0 unspecified atom stereocenters. The van der Waals surface area contributed by atoms with Gasteiger partial charge in [-0.3, -0.25) is 9.52 Å². The zero-order valence-corrected chi connectivity index (χ0v) is 15.6. The molecule has 1 heterocycles. The number of nitrogens with one attached hydrogen (secondary N) is 1. The Labute approximate surface area is 152 Å². The predicted octanol–water partition coefficient (Wildman–Crippen LogP) is 3.75. The number of anilines is 2. The number of hydrogen-bond acceptors (Lipinski definition) is 3. The summed E-state index contributed by atoms with van der Waals surface area (Å²) in [5, 5.41) is 0.408. The Kier molecular flexibility index (Phi) is 4.75. The maximum Gasteiger partial charge on any atom is 0.262 e. The van der Waals surface area contributed by atoms with Crippen LogP contribution in [0, 0.1) is 6.92 Å². The standard InChI is InChI=1S/C18H19ClN2O3S/c1-3-21-16-9-8-14(11-13(16)7-10-18(21)22)20-25(23,24)17-6-4-5-15(19)12(17)2/h4-6,8-9,11,20H,3,7,10H2,1-2H3. The van der Waals surface area contributed by atoms with Crippen LogP contribution in [0.2, 0.25) is 5.02 Å². The molecule has 1 aliphatic heterocycles. The van der Waals surface area contributed by atoms with Crippen LogP contribution in [0.4, 0.5) is 11.4 Å². The van der Waals surface area contributed by atoms with Crippen molar-refractivity contribution in [3.05, 3.63) is 52.5 Å². The van der Waals surface area contributed by atoms with Crippen molar-refractivity contribution in [2.45, 2.75) is 31.6 Å². The Bertz CT molecular complexity index is 941. The van der Waals surface area contributed by atoms with E-state index in [-0.39, 0.29) is 10.8 Å². The molecule has 0 spiro atoms. The lowest BCUT2D eigenvalue weighted by atomic mass is 10.0. The van der Waals surface area contributed by atoms with Gasteiger partial charge in [0.2, 0.25) is 5.91 Å². The van der Waals surface area contributed by atoms with Crippen LogP contribution in [0.5, 0.6) is 0 Å². The monoisotopic (exact) mass is 378 g/mol. The zero-order chi connectivity index (χ0) is 18.2. The molecule has 0 radical (unpaired) electrons. The fraction of sp³-hybridized carbons (Fsp3) is 0.278. The van der Waals surface area contributed by atoms with Gasteiger partial charge in [0, 0.05) is 29.4 Å². The average molecular weight is 379 g/mol. The fourth-order valence-electron chi connectivity index (χ4n) is 3.06. The number of halogens is 1. The number of sulfonamides is 1. The molecule has 25 heavy (non-hydrogen) atoms. The van der Waals surface area contributed by atoms with Crippen molar-refractivity contribution < 1.29 is 13.2 Å². The van der Waals surface area contributed by atoms with Gasteiger partial charge in [-0.1, -0.05) is 17.7 Å². The van der Waals surface area contributed by atoms with Crippen LogP contribution in [-0.4, -0.2) is 20.9 Å². The lowest BCUT2D eigenvalue weighted by Gasteiger charge is -2.28. The third kappa shape index (κ3) is 3.37. The molecule has 2 aromatic carbocycles. The third-order valence-corrected chi connectivity index (χ3v) is 6.29. The molecular formula is C18H19ClN2O3S. The van der Waals surface area contributed by atoms with Crippen LogP contribution in [0.25, 0.3) is 0 Å². The van der Waals surface area contributed by atoms with E-state index in [0.717, 1.165) is 11.3 Å². The predicted molar refractivity (Wildman–Crippen MR) is 99.8 cm³/mol. The second kappa shape index (κ2) is 6.69. The Balaban J connectivity index is 1.94. The summed E-state index contributed by atoms with van der Waals surface area (Å²) in [5.41, 5.74) is 2.80. The van der Waals surface area contributed by atoms with Crippen LogP contribution in [0.1, 0.15) is 24.5 Å². The molecule has 0 bridgehead atoms. The topological polar surface area (TPSA) is 66.5 Å². The van der Waals surface area contributed by atoms with Gasteiger partial charge in [-0.2, -0.15) is 0 Å². The second-order valence-corrected chi connectivity index (χ2v) is 8.01. The molecule has 1 aliphatic rings. The summed E-state index contributed by atoms with van der Waals surface area (Å²) in [5.74, 6) is 0.0953. The molecular weight excluding hydrogens is 360 g/mol. The Morgan fingerprint density at radius 2 is 1.96 bits per heavy atom. The second-order valence-electron chi connectivity index (χ2n) is 5.95. The summed E-state index contributed by atoms with van der Waals surface area (Å²) in [4.78, 5) is 13.8. The zero-order valence-electron chi connectivity index (χ0n) is 14.0. The molecule has 3 rings (SSSR count). The molecule has 132 valence electrons. The first kappa shape index (κ1) is 17.8. The van der Waals surface area contributed by atoms with E-state index in [1.54, 1.807) is 42.2 Å². The van der Waals surface area contributed by atoms with E-state index in [1.807, 2.05) is 6.92 Å². The Morgan fingerprint density at radius 3 is 2.68 bits per heavy atom. The smallest absolute Gasteiger partial charge is 0.262 e. The van der Waals surface area contributed by atoms with Gasteiger partial charge in [-0.05, 0) is 61.7 Å². The van der Waals surface area contributed by atoms with Gasteiger partial charge in [0.15, 0.2) is 0 Å². The van der Waals surface area contributed by atoms with Gasteiger partial charge in [-0.15, -0.1) is 0 Å². The largest absolute Gasteiger partial charge is 0.312 e. The SMILES string of the molecule is CCN1C(=O)CCc2cc(NS(=O)(=O)c3cccc(Cl)c3C)ccc21. The maximum atomic E-state index is 12.7. The number of carbonyl (C=O) groups is 1. The molecule has 0 fully saturated rings. The van der Waals surface area contributed by atoms with Gasteiger partial charge in [-0.25, -0.2) is 8.42 Å². The molecule has 5 nitrogen and oxygen atoms in total. The summed E-state index contributed by atoms with van der Waals surface area (Å²) >= 11 is 6.03. The third-order valence-electron chi connectivity index (χ3n) is 4.36. The molecule has 0 atom stereocenters. The van der Waals surface area contributed by atoms with E-state index in [1.165, 1.54) is 6.07 Å². The molecule has 0 aromatic heterocycles. The molecule has 7 heteroatoms. The van der Waals surface area contributed by atoms with Gasteiger partial charge in [0.1, 0.15) is 0 Å². The highest BCUT2D eigenvalue weighted by Crippen LogP contribution is 2.31. The average Bonchev–Trinajstić information content (AvgIpc) is 2.57. The number of aryl methyl sites for hydroxylation is 1. The lowest BCUT2D eigenvalue weighted by Crippen LogP contribution is -2.34. The minimum Gasteiger partial charge on any atom is -0.312 e. The van der Waals surface area contributed by atoms with Crippen molar-refractivity contribution in [2.75, 3.05) is 16.2 Å². The maximum absolute atomic E-state index is 12.7. The lowest BCUT2D eigenvalue weighted by molar-refractivity contribution is -0.118. The number of hydrogen-bond donors (Lipinski definition) is 1. The van der Waals surface area contributed by atoms with Gasteiger partial charge < -0.3 is 4.90 Å². The van der Waals surface area contributed by atoms with E-state index in [0.29, 0.717) is 35.7 Å². The highest BCUT2D eigenvalue weighted by molar-refractivity contribution is 7.92. The fourth-order valence-corrected chi connectivity index (χ4v) is 4.61. The van der Waals surface area contributed by atoms with Crippen LogP contribution in [-0.2, 0) is 21.2 Å². The Hall–Kier alpha value is -2.05. The number of nitrogens with zero attached hydrogens (tertiary/aromatic N) is 1. The highest BCUT2D eigenvalue weighted by atomic mass is 35.5. The summed E-state index contributed by atoms with van der Waals surface area (Å²) in [6.45, 7) is 4.19. The number of rotatable bonds is 4. The number of benzene rings is 2. The quantitative estimate of drug-likeness (QED) is 0.881. The van der Waals surface area contributed by atoms with E-state index < -0.39 is 10.0 Å². The Morgan fingerprint density at radius 1 is 1.20 bits per heavy atom. The summed E-state index contributed by atoms with van der Waals surface area (Å²) in [7, 11) is -3.74. The van der Waals surface area contributed by atoms with Crippen molar-refractivity contribution in [3.63, 3.8) is 0 Å². The first-order chi connectivity index (χ1) is 11.8. The summed E-state index contributed by atoms with van der Waals surface area (Å²) in [6, 6.07) is 10.1. The van der Waals surface area contributed by atoms with Crippen LogP contribution < -0.4 is 9.62 Å². The van der Waals surface area contributed by atoms with E-state index in [9.17, 15) is 13.2 Å². The van der Waals surface area contributed by atoms with Gasteiger partial charge >= 0.3 is 0 Å². The number of amides is 1. The molecule has 2 aromatic rings. The minimum absolute atomic E-state index is 0.0953. The summed E-state index contributed by atoms with van der Waals surface area (Å²) < 4.78 is 28.0. The van der Waals surface area contributed by atoms with Crippen molar-refractivity contribution >= 4 is 38.9 Å². The van der Waals surface area contributed by atoms with Crippen LogP contribution in [0.3, 0.4) is 0 Å². The van der Waals surface area contributed by atoms with E-state index in [4.69, 9.17) is 11.6 Å². The summed E-state index contributed by atoms with van der Waals surface area (Å²) in [6.07, 6.45) is 1.04. The normalized spacial score (nSPS) is 14.4. The van der Waals surface area contributed by atoms with Crippen molar-refractivity contribution in [1.82, 2.24) is 0 Å².